The second-order valence-corrected chi connectivity index (χ2v) is 6.93. The molecule has 0 saturated carbocycles. The number of esters is 1. The fourth-order valence-electron chi connectivity index (χ4n) is 2.05. The molecule has 1 aliphatic rings. The first-order valence-electron chi connectivity index (χ1n) is 6.93. The summed E-state index contributed by atoms with van der Waals surface area (Å²) in [6, 6.07) is -0.648. The number of carbonyl (C=O) groups is 3. The predicted molar refractivity (Wildman–Crippen MR) is 77.3 cm³/mol. The van der Waals surface area contributed by atoms with E-state index < -0.39 is 40.5 Å². The molecular weight excluding hydrogens is 314 g/mol. The van der Waals surface area contributed by atoms with Crippen LogP contribution in [0.25, 0.3) is 0 Å². The van der Waals surface area contributed by atoms with Gasteiger partial charge in [-0.15, -0.1) is 0 Å². The Labute approximate surface area is 129 Å². The van der Waals surface area contributed by atoms with E-state index in [9.17, 15) is 22.8 Å². The van der Waals surface area contributed by atoms with Gasteiger partial charge >= 0.3 is 12.0 Å². The van der Waals surface area contributed by atoms with Gasteiger partial charge in [0.25, 0.3) is 5.91 Å². The number of hydrogen-bond acceptors (Lipinski definition) is 6. The second-order valence-electron chi connectivity index (χ2n) is 4.95. The van der Waals surface area contributed by atoms with Crippen LogP contribution in [0.3, 0.4) is 0 Å². The molecule has 126 valence electrons. The first kappa shape index (κ1) is 18.4. The van der Waals surface area contributed by atoms with Crippen molar-refractivity contribution in [3.8, 4) is 0 Å². The van der Waals surface area contributed by atoms with Crippen molar-refractivity contribution < 1.29 is 27.5 Å². The molecule has 9 nitrogen and oxygen atoms in total. The van der Waals surface area contributed by atoms with Crippen LogP contribution in [0, 0.1) is 5.92 Å². The molecule has 1 rings (SSSR count). The standard InChI is InChI=1S/C12H21N3O6S/c1-3-13-12(18)14-10(16)8-21-11(17)9-4-6-15(7-5-9)22(2,19)20/h9H,3-8H2,1-2H3,(H2,13,14,16,18). The maximum absolute atomic E-state index is 11.8. The van der Waals surface area contributed by atoms with Crippen molar-refractivity contribution >= 4 is 27.9 Å². The normalized spacial score (nSPS) is 16.8. The first-order valence-corrected chi connectivity index (χ1v) is 8.78. The molecule has 0 spiro atoms. The van der Waals surface area contributed by atoms with Gasteiger partial charge in [0.2, 0.25) is 10.0 Å². The number of rotatable bonds is 5. The Morgan fingerprint density at radius 2 is 1.82 bits per heavy atom. The third-order valence-electron chi connectivity index (χ3n) is 3.19. The Bertz CT molecular complexity index is 525. The minimum atomic E-state index is -3.25. The van der Waals surface area contributed by atoms with Gasteiger partial charge in [-0.3, -0.25) is 14.9 Å². The molecule has 0 atom stereocenters. The molecule has 0 radical (unpaired) electrons. The van der Waals surface area contributed by atoms with E-state index in [1.807, 2.05) is 5.32 Å². The van der Waals surface area contributed by atoms with Gasteiger partial charge in [-0.25, -0.2) is 17.5 Å². The molecule has 10 heteroatoms. The van der Waals surface area contributed by atoms with E-state index >= 15 is 0 Å². The molecule has 0 aliphatic carbocycles. The summed E-state index contributed by atoms with van der Waals surface area (Å²) < 4.78 is 28.9. The minimum Gasteiger partial charge on any atom is -0.455 e. The zero-order valence-corrected chi connectivity index (χ0v) is 13.4. The summed E-state index contributed by atoms with van der Waals surface area (Å²) in [6.45, 7) is 2.04. The van der Waals surface area contributed by atoms with Gasteiger partial charge in [0, 0.05) is 19.6 Å². The zero-order chi connectivity index (χ0) is 16.8. The highest BCUT2D eigenvalue weighted by Gasteiger charge is 2.30. The minimum absolute atomic E-state index is 0.254. The van der Waals surface area contributed by atoms with Gasteiger partial charge in [0.15, 0.2) is 6.61 Å². The summed E-state index contributed by atoms with van der Waals surface area (Å²) >= 11 is 0. The summed E-state index contributed by atoms with van der Waals surface area (Å²) in [6.07, 6.45) is 1.82. The quantitative estimate of drug-likeness (QED) is 0.625. The summed E-state index contributed by atoms with van der Waals surface area (Å²) in [5, 5.41) is 4.38. The smallest absolute Gasteiger partial charge is 0.321 e. The molecule has 2 N–H and O–H groups in total. The molecule has 3 amide bonds. The third kappa shape index (κ3) is 5.98. The molecule has 1 saturated heterocycles. The molecule has 22 heavy (non-hydrogen) atoms. The molecule has 1 aliphatic heterocycles. The number of ether oxygens (including phenoxy) is 1. The molecular formula is C12H21N3O6S. The number of nitrogens with one attached hydrogen (secondary N) is 2. The Morgan fingerprint density at radius 1 is 1.23 bits per heavy atom. The van der Waals surface area contributed by atoms with Crippen molar-refractivity contribution in [3.05, 3.63) is 0 Å². The Kier molecular flexibility index (Phi) is 6.75. The highest BCUT2D eigenvalue weighted by Crippen LogP contribution is 2.20. The van der Waals surface area contributed by atoms with Gasteiger partial charge in [0.1, 0.15) is 0 Å². The zero-order valence-electron chi connectivity index (χ0n) is 12.6. The van der Waals surface area contributed by atoms with Crippen molar-refractivity contribution in [1.29, 1.82) is 0 Å². The first-order chi connectivity index (χ1) is 10.2. The fraction of sp³-hybridized carbons (Fsp3) is 0.750. The van der Waals surface area contributed by atoms with Gasteiger partial charge in [-0.1, -0.05) is 0 Å². The highest BCUT2D eigenvalue weighted by atomic mass is 32.2. The average Bonchev–Trinajstić information content (AvgIpc) is 2.44. The number of carbonyl (C=O) groups excluding carboxylic acids is 3. The van der Waals surface area contributed by atoms with Crippen LogP contribution in [0.4, 0.5) is 4.79 Å². The lowest BCUT2D eigenvalue weighted by Gasteiger charge is -2.28. The summed E-state index contributed by atoms with van der Waals surface area (Å²) in [5.74, 6) is -1.71. The number of sulfonamides is 1. The van der Waals surface area contributed by atoms with Crippen molar-refractivity contribution in [2.24, 2.45) is 5.92 Å². The van der Waals surface area contributed by atoms with E-state index in [-0.39, 0.29) is 13.1 Å². The van der Waals surface area contributed by atoms with Gasteiger partial charge in [0.05, 0.1) is 12.2 Å². The van der Waals surface area contributed by atoms with Crippen molar-refractivity contribution in [1.82, 2.24) is 14.9 Å². The number of hydrogen-bond donors (Lipinski definition) is 2. The number of piperidine rings is 1. The van der Waals surface area contributed by atoms with Crippen LogP contribution in [0.15, 0.2) is 0 Å². The molecule has 0 aromatic rings. The maximum atomic E-state index is 11.8. The van der Waals surface area contributed by atoms with E-state index in [0.29, 0.717) is 19.4 Å². The summed E-state index contributed by atoms with van der Waals surface area (Å²) in [4.78, 5) is 34.2. The topological polar surface area (TPSA) is 122 Å². The van der Waals surface area contributed by atoms with Crippen LogP contribution in [0.1, 0.15) is 19.8 Å². The maximum Gasteiger partial charge on any atom is 0.321 e. The van der Waals surface area contributed by atoms with Crippen molar-refractivity contribution in [3.63, 3.8) is 0 Å². The summed E-state index contributed by atoms with van der Waals surface area (Å²) in [5.41, 5.74) is 0. The molecule has 1 heterocycles. The molecule has 0 aromatic heterocycles. The molecule has 0 aromatic carbocycles. The predicted octanol–water partition coefficient (Wildman–Crippen LogP) is -0.953. The fourth-order valence-corrected chi connectivity index (χ4v) is 2.92. The van der Waals surface area contributed by atoms with Crippen LogP contribution in [-0.4, -0.2) is 63.1 Å². The van der Waals surface area contributed by atoms with E-state index in [0.717, 1.165) is 6.26 Å². The average molecular weight is 335 g/mol. The number of urea groups is 1. The SMILES string of the molecule is CCNC(=O)NC(=O)COC(=O)C1CCN(S(C)(=O)=O)CC1. The lowest BCUT2D eigenvalue weighted by molar-refractivity contribution is -0.153. The monoisotopic (exact) mass is 335 g/mol. The summed E-state index contributed by atoms with van der Waals surface area (Å²) in [7, 11) is -3.25. The Hall–Kier alpha value is -1.68. The van der Waals surface area contributed by atoms with Crippen molar-refractivity contribution in [2.75, 3.05) is 32.5 Å². The van der Waals surface area contributed by atoms with E-state index in [2.05, 4.69) is 5.32 Å². The Balaban J connectivity index is 2.32. The van der Waals surface area contributed by atoms with E-state index in [1.54, 1.807) is 6.92 Å². The van der Waals surface area contributed by atoms with Gasteiger partial charge in [-0.2, -0.15) is 0 Å². The van der Waals surface area contributed by atoms with Crippen LogP contribution in [0.5, 0.6) is 0 Å². The lowest BCUT2D eigenvalue weighted by atomic mass is 9.98. The second kappa shape index (κ2) is 8.08. The molecule has 0 unspecified atom stereocenters. The molecule has 0 bridgehead atoms. The van der Waals surface area contributed by atoms with E-state index in [1.165, 1.54) is 4.31 Å². The molecule has 1 fully saturated rings. The van der Waals surface area contributed by atoms with Crippen LogP contribution < -0.4 is 10.6 Å². The van der Waals surface area contributed by atoms with Crippen LogP contribution in [0.2, 0.25) is 0 Å². The van der Waals surface area contributed by atoms with Gasteiger partial charge in [-0.05, 0) is 19.8 Å². The van der Waals surface area contributed by atoms with Crippen molar-refractivity contribution in [2.45, 2.75) is 19.8 Å². The lowest BCUT2D eigenvalue weighted by Crippen LogP contribution is -2.42. The van der Waals surface area contributed by atoms with Crippen LogP contribution >= 0.6 is 0 Å². The Morgan fingerprint density at radius 3 is 2.32 bits per heavy atom. The van der Waals surface area contributed by atoms with Crippen LogP contribution in [-0.2, 0) is 24.3 Å². The van der Waals surface area contributed by atoms with E-state index in [4.69, 9.17) is 4.74 Å². The number of imide groups is 1. The highest BCUT2D eigenvalue weighted by molar-refractivity contribution is 7.88. The van der Waals surface area contributed by atoms with Gasteiger partial charge < -0.3 is 10.1 Å². The number of nitrogens with zero attached hydrogens (tertiary/aromatic N) is 1. The third-order valence-corrected chi connectivity index (χ3v) is 4.50. The number of amides is 3. The largest absolute Gasteiger partial charge is 0.455 e.